The van der Waals surface area contributed by atoms with Crippen LogP contribution in [0, 0.1) is 0 Å². The molecule has 1 atom stereocenters. The molecule has 1 aliphatic carbocycles. The van der Waals surface area contributed by atoms with Gasteiger partial charge >= 0.3 is 0 Å². The van der Waals surface area contributed by atoms with Crippen molar-refractivity contribution in [2.45, 2.75) is 18.8 Å². The number of hydrogen-bond donors (Lipinski definition) is 0. The molecule has 2 rings (SSSR count). The second kappa shape index (κ2) is 3.56. The van der Waals surface area contributed by atoms with E-state index in [2.05, 4.69) is 0 Å². The molecule has 1 aromatic carbocycles. The summed E-state index contributed by atoms with van der Waals surface area (Å²) in [7, 11) is 0. The molecular formula is C12H12O. The Morgan fingerprint density at radius 3 is 2.62 bits per heavy atom. The molecule has 1 nitrogen and oxygen atoms in total. The predicted octanol–water partition coefficient (Wildman–Crippen LogP) is 2.69. The average Bonchev–Trinajstić information content (AvgIpc) is 2.20. The first kappa shape index (κ1) is 8.24. The van der Waals surface area contributed by atoms with Gasteiger partial charge in [0.25, 0.3) is 0 Å². The third kappa shape index (κ3) is 1.69. The Morgan fingerprint density at radius 2 is 1.92 bits per heavy atom. The average molecular weight is 172 g/mol. The normalized spacial score (nSPS) is 21.8. The summed E-state index contributed by atoms with van der Waals surface area (Å²) in [5.74, 6) is 0.351. The second-order valence-electron chi connectivity index (χ2n) is 3.35. The minimum atomic E-state index is 0.103. The van der Waals surface area contributed by atoms with E-state index in [-0.39, 0.29) is 11.7 Å². The number of hydrogen-bond acceptors (Lipinski definition) is 1. The Balaban J connectivity index is 2.27. The van der Waals surface area contributed by atoms with Crippen molar-refractivity contribution in [1.82, 2.24) is 0 Å². The van der Waals surface area contributed by atoms with Crippen LogP contribution in [0.3, 0.4) is 0 Å². The molecule has 0 saturated heterocycles. The van der Waals surface area contributed by atoms with E-state index in [0.29, 0.717) is 0 Å². The number of rotatable bonds is 1. The summed E-state index contributed by atoms with van der Waals surface area (Å²) in [4.78, 5) is 11.5. The topological polar surface area (TPSA) is 17.1 Å². The summed E-state index contributed by atoms with van der Waals surface area (Å²) in [6.45, 7) is 0. The van der Waals surface area contributed by atoms with Gasteiger partial charge in [0.2, 0.25) is 0 Å². The zero-order chi connectivity index (χ0) is 9.10. The molecule has 0 spiro atoms. The lowest BCUT2D eigenvalue weighted by Crippen LogP contribution is -2.12. The van der Waals surface area contributed by atoms with Crippen LogP contribution in [0.5, 0.6) is 0 Å². The third-order valence-corrected chi connectivity index (χ3v) is 2.45. The van der Waals surface area contributed by atoms with Crippen molar-refractivity contribution in [3.63, 3.8) is 0 Å². The highest BCUT2D eigenvalue weighted by atomic mass is 16.1. The lowest BCUT2D eigenvalue weighted by Gasteiger charge is -2.16. The molecule has 0 fully saturated rings. The number of carbonyl (C=O) groups is 1. The number of carbonyl (C=O) groups excluding carboxylic acids is 1. The standard InChI is InChI=1S/C12H12O/c13-12-9-5-4-8-11(12)10-6-2-1-3-7-10/h1-3,5-7,9,11H,4,8H2. The molecule has 1 heteroatoms. The van der Waals surface area contributed by atoms with Crippen LogP contribution in [0.15, 0.2) is 42.5 Å². The highest BCUT2D eigenvalue weighted by Gasteiger charge is 2.19. The molecule has 0 amide bonds. The fourth-order valence-corrected chi connectivity index (χ4v) is 1.74. The van der Waals surface area contributed by atoms with Gasteiger partial charge in [-0.15, -0.1) is 0 Å². The number of ketones is 1. The molecule has 1 aromatic rings. The highest BCUT2D eigenvalue weighted by Crippen LogP contribution is 2.25. The first-order chi connectivity index (χ1) is 6.38. The fraction of sp³-hybridized carbons (Fsp3) is 0.250. The molecule has 66 valence electrons. The molecule has 0 radical (unpaired) electrons. The molecule has 0 aliphatic heterocycles. The largest absolute Gasteiger partial charge is 0.294 e. The summed E-state index contributed by atoms with van der Waals surface area (Å²) in [5, 5.41) is 0. The number of allylic oxidation sites excluding steroid dienone is 2. The summed E-state index contributed by atoms with van der Waals surface area (Å²) >= 11 is 0. The van der Waals surface area contributed by atoms with E-state index in [1.165, 1.54) is 0 Å². The van der Waals surface area contributed by atoms with E-state index in [1.54, 1.807) is 6.08 Å². The summed E-state index contributed by atoms with van der Waals surface area (Å²) in [6, 6.07) is 10.0. The molecule has 0 N–H and O–H groups in total. The SMILES string of the molecule is O=C1C=CCCC1c1ccccc1. The minimum absolute atomic E-state index is 0.103. The van der Waals surface area contributed by atoms with E-state index >= 15 is 0 Å². The fourth-order valence-electron chi connectivity index (χ4n) is 1.74. The van der Waals surface area contributed by atoms with Gasteiger partial charge in [-0.1, -0.05) is 36.4 Å². The van der Waals surface area contributed by atoms with Gasteiger partial charge in [-0.2, -0.15) is 0 Å². The van der Waals surface area contributed by atoms with Crippen LogP contribution in [-0.2, 0) is 4.79 Å². The highest BCUT2D eigenvalue weighted by molar-refractivity contribution is 5.96. The van der Waals surface area contributed by atoms with Crippen molar-refractivity contribution < 1.29 is 4.79 Å². The monoisotopic (exact) mass is 172 g/mol. The van der Waals surface area contributed by atoms with Crippen LogP contribution < -0.4 is 0 Å². The van der Waals surface area contributed by atoms with Gasteiger partial charge in [-0.3, -0.25) is 4.79 Å². The Bertz CT molecular complexity index is 324. The van der Waals surface area contributed by atoms with Gasteiger partial charge in [0.1, 0.15) is 0 Å². The predicted molar refractivity (Wildman–Crippen MR) is 52.6 cm³/mol. The van der Waals surface area contributed by atoms with E-state index in [9.17, 15) is 4.79 Å². The van der Waals surface area contributed by atoms with E-state index in [0.717, 1.165) is 18.4 Å². The van der Waals surface area contributed by atoms with Crippen LogP contribution in [0.1, 0.15) is 24.3 Å². The van der Waals surface area contributed by atoms with Gasteiger partial charge in [0, 0.05) is 5.92 Å². The molecule has 0 bridgehead atoms. The van der Waals surface area contributed by atoms with Crippen molar-refractivity contribution in [1.29, 1.82) is 0 Å². The Morgan fingerprint density at radius 1 is 1.15 bits per heavy atom. The Kier molecular flexibility index (Phi) is 2.26. The van der Waals surface area contributed by atoms with E-state index in [4.69, 9.17) is 0 Å². The minimum Gasteiger partial charge on any atom is -0.294 e. The van der Waals surface area contributed by atoms with Crippen LogP contribution in [-0.4, -0.2) is 5.78 Å². The summed E-state index contributed by atoms with van der Waals surface area (Å²) in [5.41, 5.74) is 1.15. The molecule has 1 aliphatic rings. The van der Waals surface area contributed by atoms with Crippen LogP contribution >= 0.6 is 0 Å². The van der Waals surface area contributed by atoms with Crippen LogP contribution in [0.2, 0.25) is 0 Å². The van der Waals surface area contributed by atoms with Crippen LogP contribution in [0.4, 0.5) is 0 Å². The Hall–Kier alpha value is -1.37. The molecule has 0 saturated carbocycles. The summed E-state index contributed by atoms with van der Waals surface area (Å²) in [6.07, 6.45) is 5.65. The van der Waals surface area contributed by atoms with Crippen molar-refractivity contribution in [3.8, 4) is 0 Å². The second-order valence-corrected chi connectivity index (χ2v) is 3.35. The molecule has 13 heavy (non-hydrogen) atoms. The van der Waals surface area contributed by atoms with Gasteiger partial charge in [-0.25, -0.2) is 0 Å². The van der Waals surface area contributed by atoms with Crippen molar-refractivity contribution in [3.05, 3.63) is 48.0 Å². The van der Waals surface area contributed by atoms with Gasteiger partial charge < -0.3 is 0 Å². The third-order valence-electron chi connectivity index (χ3n) is 2.45. The van der Waals surface area contributed by atoms with Crippen molar-refractivity contribution in [2.24, 2.45) is 0 Å². The van der Waals surface area contributed by atoms with Gasteiger partial charge in [0.15, 0.2) is 5.78 Å². The van der Waals surface area contributed by atoms with Gasteiger partial charge in [0.05, 0.1) is 0 Å². The molecule has 0 aromatic heterocycles. The van der Waals surface area contributed by atoms with Crippen molar-refractivity contribution >= 4 is 5.78 Å². The first-order valence-electron chi connectivity index (χ1n) is 4.63. The zero-order valence-corrected chi connectivity index (χ0v) is 7.44. The lowest BCUT2D eigenvalue weighted by atomic mass is 9.87. The number of benzene rings is 1. The van der Waals surface area contributed by atoms with Gasteiger partial charge in [-0.05, 0) is 24.5 Å². The molecular weight excluding hydrogens is 160 g/mol. The maximum Gasteiger partial charge on any atom is 0.162 e. The first-order valence-corrected chi connectivity index (χ1v) is 4.63. The van der Waals surface area contributed by atoms with E-state index < -0.39 is 0 Å². The lowest BCUT2D eigenvalue weighted by molar-refractivity contribution is -0.116. The van der Waals surface area contributed by atoms with Crippen molar-refractivity contribution in [2.75, 3.05) is 0 Å². The quantitative estimate of drug-likeness (QED) is 0.636. The summed E-state index contributed by atoms with van der Waals surface area (Å²) < 4.78 is 0. The maximum atomic E-state index is 11.5. The molecule has 0 heterocycles. The smallest absolute Gasteiger partial charge is 0.162 e. The van der Waals surface area contributed by atoms with Crippen LogP contribution in [0.25, 0.3) is 0 Å². The zero-order valence-electron chi connectivity index (χ0n) is 7.44. The maximum absolute atomic E-state index is 11.5. The van der Waals surface area contributed by atoms with E-state index in [1.807, 2.05) is 36.4 Å². The molecule has 1 unspecified atom stereocenters. The Labute approximate surface area is 78.1 Å².